The van der Waals surface area contributed by atoms with Gasteiger partial charge in [-0.1, -0.05) is 31.2 Å². The SMILES string of the molecule is C=CCc1cccc(OC)c1C(=O)O[C@@H](/C=C/C#N)C[C@@H](OC(C)=O)[C@@H](C)CC=C. The molecule has 0 aromatic heterocycles. The van der Waals surface area contributed by atoms with E-state index in [4.69, 9.17) is 19.5 Å². The lowest BCUT2D eigenvalue weighted by Crippen LogP contribution is -2.30. The molecule has 0 amide bonds. The fourth-order valence-corrected chi connectivity index (χ4v) is 3.07. The molecule has 30 heavy (non-hydrogen) atoms. The van der Waals surface area contributed by atoms with Crippen molar-refractivity contribution in [3.05, 3.63) is 66.8 Å². The molecule has 6 heteroatoms. The van der Waals surface area contributed by atoms with Gasteiger partial charge in [-0.15, -0.1) is 13.2 Å². The maximum absolute atomic E-state index is 13.0. The molecular formula is C24H29NO5. The summed E-state index contributed by atoms with van der Waals surface area (Å²) in [7, 11) is 1.48. The Balaban J connectivity index is 3.18. The molecule has 0 bridgehead atoms. The van der Waals surface area contributed by atoms with Gasteiger partial charge in [-0.25, -0.2) is 4.79 Å². The Hall–Kier alpha value is -3.33. The van der Waals surface area contributed by atoms with Crippen LogP contribution in [0.2, 0.25) is 0 Å². The highest BCUT2D eigenvalue weighted by molar-refractivity contribution is 5.94. The normalized spacial score (nSPS) is 13.5. The monoisotopic (exact) mass is 411 g/mol. The van der Waals surface area contributed by atoms with Crippen molar-refractivity contribution in [1.29, 1.82) is 5.26 Å². The van der Waals surface area contributed by atoms with Crippen LogP contribution in [0.15, 0.2) is 55.7 Å². The lowest BCUT2D eigenvalue weighted by molar-refractivity contribution is -0.150. The van der Waals surface area contributed by atoms with Crippen molar-refractivity contribution in [3.63, 3.8) is 0 Å². The minimum atomic E-state index is -0.768. The van der Waals surface area contributed by atoms with E-state index in [0.717, 1.165) is 0 Å². The van der Waals surface area contributed by atoms with E-state index < -0.39 is 24.1 Å². The summed E-state index contributed by atoms with van der Waals surface area (Å²) in [6.45, 7) is 10.7. The molecule has 0 aliphatic rings. The number of carbonyl (C=O) groups is 2. The number of hydrogen-bond acceptors (Lipinski definition) is 6. The fourth-order valence-electron chi connectivity index (χ4n) is 3.07. The standard InChI is InChI=1S/C24H29NO5/c1-6-10-17(3)22(29-18(4)26)16-20(13-9-15-25)30-24(27)23-19(11-7-2)12-8-14-21(23)28-5/h6-9,12-14,17,20,22H,1-2,10-11,16H2,3-5H3/b13-9+/t17-,20-,22+/m0/s1. The van der Waals surface area contributed by atoms with Gasteiger partial charge >= 0.3 is 11.9 Å². The summed E-state index contributed by atoms with van der Waals surface area (Å²) < 4.78 is 16.5. The van der Waals surface area contributed by atoms with E-state index in [9.17, 15) is 9.59 Å². The Morgan fingerprint density at radius 2 is 1.97 bits per heavy atom. The van der Waals surface area contributed by atoms with Gasteiger partial charge in [0.05, 0.1) is 13.2 Å². The maximum atomic E-state index is 13.0. The van der Waals surface area contributed by atoms with E-state index in [1.807, 2.05) is 13.0 Å². The zero-order valence-electron chi connectivity index (χ0n) is 17.8. The first-order valence-electron chi connectivity index (χ1n) is 9.70. The average Bonchev–Trinajstić information content (AvgIpc) is 2.71. The predicted molar refractivity (Wildman–Crippen MR) is 115 cm³/mol. The van der Waals surface area contributed by atoms with Crippen molar-refractivity contribution in [2.24, 2.45) is 5.92 Å². The maximum Gasteiger partial charge on any atom is 0.342 e. The van der Waals surface area contributed by atoms with Gasteiger partial charge in [0.25, 0.3) is 0 Å². The second kappa shape index (κ2) is 13.0. The molecule has 0 N–H and O–H groups in total. The smallest absolute Gasteiger partial charge is 0.342 e. The molecule has 0 aliphatic heterocycles. The molecule has 0 heterocycles. The number of esters is 2. The molecule has 3 atom stereocenters. The highest BCUT2D eigenvalue weighted by Crippen LogP contribution is 2.26. The van der Waals surface area contributed by atoms with Crippen LogP contribution in [-0.4, -0.2) is 31.3 Å². The summed E-state index contributed by atoms with van der Waals surface area (Å²) in [5.74, 6) is -0.664. The molecule has 0 radical (unpaired) electrons. The van der Waals surface area contributed by atoms with E-state index in [1.54, 1.807) is 30.4 Å². The number of hydrogen-bond donors (Lipinski definition) is 0. The molecule has 0 saturated heterocycles. The largest absolute Gasteiger partial charge is 0.496 e. The Kier molecular flexibility index (Phi) is 10.7. The molecule has 0 spiro atoms. The number of nitriles is 1. The van der Waals surface area contributed by atoms with Crippen LogP contribution in [0.1, 0.15) is 42.6 Å². The number of benzene rings is 1. The third-order valence-corrected chi connectivity index (χ3v) is 4.50. The van der Waals surface area contributed by atoms with Crippen LogP contribution >= 0.6 is 0 Å². The van der Waals surface area contributed by atoms with E-state index in [2.05, 4.69) is 13.2 Å². The quantitative estimate of drug-likeness (QED) is 0.285. The van der Waals surface area contributed by atoms with Crippen LogP contribution in [-0.2, 0) is 20.7 Å². The molecule has 0 fully saturated rings. The average molecular weight is 411 g/mol. The van der Waals surface area contributed by atoms with E-state index in [0.29, 0.717) is 29.7 Å². The van der Waals surface area contributed by atoms with Gasteiger partial charge < -0.3 is 14.2 Å². The number of carbonyl (C=O) groups excluding carboxylic acids is 2. The van der Waals surface area contributed by atoms with Crippen molar-refractivity contribution in [3.8, 4) is 11.8 Å². The number of nitrogens with zero attached hydrogens (tertiary/aromatic N) is 1. The minimum Gasteiger partial charge on any atom is -0.496 e. The molecule has 0 saturated carbocycles. The zero-order valence-corrected chi connectivity index (χ0v) is 17.8. The topological polar surface area (TPSA) is 85.6 Å². The predicted octanol–water partition coefficient (Wildman–Crippen LogP) is 4.56. The third kappa shape index (κ3) is 7.59. The molecule has 1 aromatic rings. The summed E-state index contributed by atoms with van der Waals surface area (Å²) in [6, 6.07) is 7.17. The fraction of sp³-hybridized carbons (Fsp3) is 0.375. The van der Waals surface area contributed by atoms with Crippen molar-refractivity contribution in [1.82, 2.24) is 0 Å². The Labute approximate surface area is 178 Å². The van der Waals surface area contributed by atoms with E-state index >= 15 is 0 Å². The molecule has 1 aromatic carbocycles. The summed E-state index contributed by atoms with van der Waals surface area (Å²) in [5.41, 5.74) is 1.02. The molecule has 1 rings (SSSR count). The second-order valence-electron chi connectivity index (χ2n) is 6.80. The number of ether oxygens (including phenoxy) is 3. The van der Waals surface area contributed by atoms with Crippen LogP contribution < -0.4 is 4.74 Å². The first-order chi connectivity index (χ1) is 14.4. The number of methoxy groups -OCH3 is 1. The Bertz CT molecular complexity index is 821. The van der Waals surface area contributed by atoms with Gasteiger partial charge in [0, 0.05) is 19.4 Å². The van der Waals surface area contributed by atoms with Crippen molar-refractivity contribution >= 4 is 11.9 Å². The lowest BCUT2D eigenvalue weighted by atomic mass is 9.95. The van der Waals surface area contributed by atoms with Gasteiger partial charge in [0.1, 0.15) is 23.5 Å². The Morgan fingerprint density at radius 1 is 1.23 bits per heavy atom. The summed E-state index contributed by atoms with van der Waals surface area (Å²) >= 11 is 0. The van der Waals surface area contributed by atoms with E-state index in [1.165, 1.54) is 26.2 Å². The van der Waals surface area contributed by atoms with Crippen molar-refractivity contribution in [2.75, 3.05) is 7.11 Å². The van der Waals surface area contributed by atoms with Crippen LogP contribution in [0, 0.1) is 17.2 Å². The lowest BCUT2D eigenvalue weighted by Gasteiger charge is -2.26. The zero-order chi connectivity index (χ0) is 22.5. The van der Waals surface area contributed by atoms with Gasteiger partial charge in [0.2, 0.25) is 0 Å². The first-order valence-corrected chi connectivity index (χ1v) is 9.70. The molecular weight excluding hydrogens is 382 g/mol. The second-order valence-corrected chi connectivity index (χ2v) is 6.80. The van der Waals surface area contributed by atoms with E-state index in [-0.39, 0.29) is 12.3 Å². The van der Waals surface area contributed by atoms with Gasteiger partial charge in [0.15, 0.2) is 0 Å². The van der Waals surface area contributed by atoms with Crippen LogP contribution in [0.4, 0.5) is 0 Å². The molecule has 160 valence electrons. The van der Waals surface area contributed by atoms with Gasteiger partial charge in [-0.2, -0.15) is 5.26 Å². The van der Waals surface area contributed by atoms with Crippen LogP contribution in [0.3, 0.4) is 0 Å². The summed E-state index contributed by atoms with van der Waals surface area (Å²) in [6.07, 6.45) is 6.18. The minimum absolute atomic E-state index is 0.0364. The Morgan fingerprint density at radius 3 is 2.53 bits per heavy atom. The third-order valence-electron chi connectivity index (χ3n) is 4.50. The molecule has 6 nitrogen and oxygen atoms in total. The van der Waals surface area contributed by atoms with Crippen molar-refractivity contribution < 1.29 is 23.8 Å². The first kappa shape index (κ1) is 24.7. The highest BCUT2D eigenvalue weighted by Gasteiger charge is 2.27. The van der Waals surface area contributed by atoms with Crippen LogP contribution in [0.5, 0.6) is 5.75 Å². The molecule has 0 aliphatic carbocycles. The van der Waals surface area contributed by atoms with Crippen LogP contribution in [0.25, 0.3) is 0 Å². The van der Waals surface area contributed by atoms with Gasteiger partial charge in [-0.05, 0) is 36.5 Å². The summed E-state index contributed by atoms with van der Waals surface area (Å²) in [5, 5.41) is 8.93. The number of allylic oxidation sites excluding steroid dienone is 3. The number of rotatable bonds is 12. The van der Waals surface area contributed by atoms with Crippen molar-refractivity contribution in [2.45, 2.75) is 45.3 Å². The summed E-state index contributed by atoms with van der Waals surface area (Å²) in [4.78, 5) is 24.6. The molecule has 0 unspecified atom stereocenters. The van der Waals surface area contributed by atoms with Gasteiger partial charge in [-0.3, -0.25) is 4.79 Å². The highest BCUT2D eigenvalue weighted by atomic mass is 16.6.